The normalized spacial score (nSPS) is 21.6. The van der Waals surface area contributed by atoms with E-state index in [1.165, 1.54) is 0 Å². The first-order chi connectivity index (χ1) is 11.2. The summed E-state index contributed by atoms with van der Waals surface area (Å²) < 4.78 is 6.66. The molecule has 120 valence electrons. The van der Waals surface area contributed by atoms with E-state index in [-0.39, 0.29) is 24.1 Å². The van der Waals surface area contributed by atoms with E-state index in [4.69, 9.17) is 4.74 Å². The first kappa shape index (κ1) is 14.3. The van der Waals surface area contributed by atoms with Gasteiger partial charge < -0.3 is 9.64 Å². The van der Waals surface area contributed by atoms with Gasteiger partial charge in [-0.2, -0.15) is 0 Å². The maximum Gasteiger partial charge on any atom is 0.278 e. The highest BCUT2D eigenvalue weighted by molar-refractivity contribution is 5.78. The number of rotatable bonds is 3. The van der Waals surface area contributed by atoms with Crippen LogP contribution in [0.15, 0.2) is 29.1 Å². The third-order valence-corrected chi connectivity index (χ3v) is 4.57. The van der Waals surface area contributed by atoms with Gasteiger partial charge in [0.05, 0.1) is 24.6 Å². The molecule has 1 aliphatic heterocycles. The molecular weight excluding hydrogens is 296 g/mol. The molecule has 1 aromatic heterocycles. The zero-order chi connectivity index (χ0) is 15.8. The number of ether oxygens (including phenoxy) is 1. The minimum Gasteiger partial charge on any atom is -0.377 e. The predicted molar refractivity (Wildman–Crippen MR) is 82.8 cm³/mol. The molecule has 2 fully saturated rings. The van der Waals surface area contributed by atoms with E-state index in [1.807, 2.05) is 4.90 Å². The molecular formula is C16H18N4O3. The minimum absolute atomic E-state index is 0.0696. The number of hydrogen-bond donors (Lipinski definition) is 0. The zero-order valence-corrected chi connectivity index (χ0v) is 12.7. The van der Waals surface area contributed by atoms with E-state index in [9.17, 15) is 9.59 Å². The maximum atomic E-state index is 12.6. The van der Waals surface area contributed by atoms with Gasteiger partial charge in [0.25, 0.3) is 5.56 Å². The minimum atomic E-state index is -0.278. The van der Waals surface area contributed by atoms with Gasteiger partial charge in [-0.15, -0.1) is 5.10 Å². The van der Waals surface area contributed by atoms with Crippen molar-refractivity contribution >= 4 is 16.8 Å². The summed E-state index contributed by atoms with van der Waals surface area (Å²) in [6.07, 6.45) is 2.29. The van der Waals surface area contributed by atoms with E-state index < -0.39 is 0 Å². The molecule has 0 spiro atoms. The van der Waals surface area contributed by atoms with E-state index in [0.29, 0.717) is 36.6 Å². The summed E-state index contributed by atoms with van der Waals surface area (Å²) in [5.74, 6) is 0.454. The summed E-state index contributed by atoms with van der Waals surface area (Å²) in [5, 5.41) is 8.41. The van der Waals surface area contributed by atoms with Gasteiger partial charge in [-0.1, -0.05) is 17.3 Å². The van der Waals surface area contributed by atoms with E-state index in [1.54, 1.807) is 24.3 Å². The van der Waals surface area contributed by atoms with E-state index >= 15 is 0 Å². The Balaban J connectivity index is 1.58. The monoisotopic (exact) mass is 314 g/mol. The van der Waals surface area contributed by atoms with Crippen molar-refractivity contribution in [3.05, 3.63) is 34.6 Å². The first-order valence-electron chi connectivity index (χ1n) is 7.94. The molecule has 2 heterocycles. The smallest absolute Gasteiger partial charge is 0.278 e. The lowest BCUT2D eigenvalue weighted by Gasteiger charge is -2.35. The highest BCUT2D eigenvalue weighted by Crippen LogP contribution is 2.36. The number of carbonyl (C=O) groups is 1. The third kappa shape index (κ3) is 2.72. The lowest BCUT2D eigenvalue weighted by molar-refractivity contribution is -0.141. The molecule has 1 atom stereocenters. The van der Waals surface area contributed by atoms with Gasteiger partial charge >= 0.3 is 0 Å². The highest BCUT2D eigenvalue weighted by atomic mass is 16.5. The van der Waals surface area contributed by atoms with Crippen LogP contribution in [-0.2, 0) is 16.1 Å². The Bertz CT molecular complexity index is 799. The number of carbonyl (C=O) groups excluding carboxylic acids is 1. The molecule has 0 radical (unpaired) electrons. The molecule has 1 aromatic carbocycles. The lowest BCUT2D eigenvalue weighted by atomic mass is 10.1. The number of amides is 1. The van der Waals surface area contributed by atoms with Gasteiger partial charge in [-0.3, -0.25) is 9.59 Å². The number of hydrogen-bond acceptors (Lipinski definition) is 5. The van der Waals surface area contributed by atoms with E-state index in [0.717, 1.165) is 17.5 Å². The number of benzene rings is 1. The van der Waals surface area contributed by atoms with E-state index in [2.05, 4.69) is 10.3 Å². The average molecular weight is 314 g/mol. The standard InChI is InChI=1S/C16H18N4O3/c21-15(19-7-8-23-10-14(19)11-5-6-11)9-20-16(22)12-3-1-2-4-13(12)17-18-20/h1-4,11,14H,5-10H2/t14-/m0/s1. The van der Waals surface area contributed by atoms with Crippen molar-refractivity contribution in [2.45, 2.75) is 25.4 Å². The highest BCUT2D eigenvalue weighted by Gasteiger charge is 2.39. The van der Waals surface area contributed by atoms with Crippen molar-refractivity contribution in [2.75, 3.05) is 19.8 Å². The number of fused-ring (bicyclic) bond motifs is 1. The molecule has 1 amide bonds. The number of aromatic nitrogens is 3. The van der Waals surface area contributed by atoms with Crippen LogP contribution in [0.5, 0.6) is 0 Å². The Labute approximate surface area is 132 Å². The molecule has 2 aliphatic rings. The predicted octanol–water partition coefficient (Wildman–Crippen LogP) is 0.429. The second-order valence-electron chi connectivity index (χ2n) is 6.14. The molecule has 4 rings (SSSR count). The number of morpholine rings is 1. The second kappa shape index (κ2) is 5.73. The van der Waals surface area contributed by atoms with Gasteiger partial charge in [0, 0.05) is 6.54 Å². The summed E-state index contributed by atoms with van der Waals surface area (Å²) in [6, 6.07) is 7.17. The first-order valence-corrected chi connectivity index (χ1v) is 7.94. The van der Waals surface area contributed by atoms with Crippen LogP contribution in [-0.4, -0.2) is 51.6 Å². The van der Waals surface area contributed by atoms with Gasteiger partial charge in [0.1, 0.15) is 12.1 Å². The average Bonchev–Trinajstić information content (AvgIpc) is 3.42. The SMILES string of the molecule is O=C(Cn1nnc2ccccc2c1=O)N1CCOC[C@H]1C1CC1. The van der Waals surface area contributed by atoms with Crippen LogP contribution in [0.25, 0.3) is 10.9 Å². The van der Waals surface area contributed by atoms with Crippen LogP contribution in [0, 0.1) is 5.92 Å². The Morgan fingerprint density at radius 2 is 2.13 bits per heavy atom. The quantitative estimate of drug-likeness (QED) is 0.821. The molecule has 0 bridgehead atoms. The Morgan fingerprint density at radius 1 is 1.30 bits per heavy atom. The fourth-order valence-corrected chi connectivity index (χ4v) is 3.15. The van der Waals surface area contributed by atoms with Gasteiger partial charge in [-0.05, 0) is 30.9 Å². The Kier molecular flexibility index (Phi) is 3.57. The zero-order valence-electron chi connectivity index (χ0n) is 12.7. The molecule has 7 heteroatoms. The summed E-state index contributed by atoms with van der Waals surface area (Å²) in [6.45, 7) is 1.65. The van der Waals surface area contributed by atoms with Crippen LogP contribution in [0.4, 0.5) is 0 Å². The van der Waals surface area contributed by atoms with Crippen molar-refractivity contribution < 1.29 is 9.53 Å². The van der Waals surface area contributed by atoms with Crippen LogP contribution in [0.1, 0.15) is 12.8 Å². The third-order valence-electron chi connectivity index (χ3n) is 4.57. The molecule has 1 saturated heterocycles. The summed E-state index contributed by atoms with van der Waals surface area (Å²) >= 11 is 0. The molecule has 2 aromatic rings. The molecule has 0 N–H and O–H groups in total. The van der Waals surface area contributed by atoms with Gasteiger partial charge in [0.15, 0.2) is 0 Å². The molecule has 23 heavy (non-hydrogen) atoms. The van der Waals surface area contributed by atoms with Crippen molar-refractivity contribution in [3.8, 4) is 0 Å². The topological polar surface area (TPSA) is 77.3 Å². The van der Waals surface area contributed by atoms with Crippen molar-refractivity contribution in [3.63, 3.8) is 0 Å². The van der Waals surface area contributed by atoms with Crippen LogP contribution in [0.3, 0.4) is 0 Å². The van der Waals surface area contributed by atoms with Crippen molar-refractivity contribution in [1.29, 1.82) is 0 Å². The largest absolute Gasteiger partial charge is 0.377 e. The summed E-state index contributed by atoms with van der Waals surface area (Å²) in [5.41, 5.74) is 0.267. The van der Waals surface area contributed by atoms with Gasteiger partial charge in [0.2, 0.25) is 5.91 Å². The Morgan fingerprint density at radius 3 is 2.96 bits per heavy atom. The van der Waals surface area contributed by atoms with Crippen molar-refractivity contribution in [1.82, 2.24) is 19.9 Å². The summed E-state index contributed by atoms with van der Waals surface area (Å²) in [7, 11) is 0. The van der Waals surface area contributed by atoms with Gasteiger partial charge in [-0.25, -0.2) is 4.68 Å². The van der Waals surface area contributed by atoms with Crippen LogP contribution >= 0.6 is 0 Å². The fraction of sp³-hybridized carbons (Fsp3) is 0.500. The molecule has 1 saturated carbocycles. The Hall–Kier alpha value is -2.28. The lowest BCUT2D eigenvalue weighted by Crippen LogP contribution is -2.51. The second-order valence-corrected chi connectivity index (χ2v) is 6.14. The summed E-state index contributed by atoms with van der Waals surface area (Å²) in [4.78, 5) is 26.9. The fourth-order valence-electron chi connectivity index (χ4n) is 3.15. The molecule has 0 unspecified atom stereocenters. The number of nitrogens with zero attached hydrogens (tertiary/aromatic N) is 4. The molecule has 1 aliphatic carbocycles. The van der Waals surface area contributed by atoms with Crippen molar-refractivity contribution in [2.24, 2.45) is 5.92 Å². The van der Waals surface area contributed by atoms with Crippen LogP contribution in [0.2, 0.25) is 0 Å². The maximum absolute atomic E-state index is 12.6. The molecule has 7 nitrogen and oxygen atoms in total. The van der Waals surface area contributed by atoms with Crippen LogP contribution < -0.4 is 5.56 Å².